The van der Waals surface area contributed by atoms with Gasteiger partial charge < -0.3 is 9.73 Å². The van der Waals surface area contributed by atoms with Crippen LogP contribution in [0.15, 0.2) is 16.7 Å². The van der Waals surface area contributed by atoms with Crippen molar-refractivity contribution in [1.82, 2.24) is 10.2 Å². The van der Waals surface area contributed by atoms with Crippen LogP contribution < -0.4 is 5.32 Å². The third-order valence-electron chi connectivity index (χ3n) is 3.88. The zero-order chi connectivity index (χ0) is 13.7. The average molecular weight is 282 g/mol. The molecule has 0 bridgehead atoms. The van der Waals surface area contributed by atoms with Crippen molar-refractivity contribution in [2.45, 2.75) is 51.4 Å². The van der Waals surface area contributed by atoms with E-state index in [0.717, 1.165) is 24.9 Å². The fourth-order valence-electron chi connectivity index (χ4n) is 2.12. The minimum atomic E-state index is 0.617. The fourth-order valence-corrected chi connectivity index (χ4v) is 2.70. The fraction of sp³-hybridized carbons (Fsp3) is 0.733. The molecule has 1 fully saturated rings. The lowest BCUT2D eigenvalue weighted by Gasteiger charge is -2.24. The van der Waals surface area contributed by atoms with E-state index < -0.39 is 0 Å². The molecule has 0 saturated heterocycles. The van der Waals surface area contributed by atoms with Crippen molar-refractivity contribution >= 4 is 11.8 Å². The van der Waals surface area contributed by atoms with Gasteiger partial charge in [0.25, 0.3) is 0 Å². The SMILES string of the molecule is CSCCC(C)N(C)Cc1ccoc1CNC1CC1. The summed E-state index contributed by atoms with van der Waals surface area (Å²) in [5, 5.41) is 3.52. The predicted molar refractivity (Wildman–Crippen MR) is 82.5 cm³/mol. The lowest BCUT2D eigenvalue weighted by Crippen LogP contribution is -2.29. The molecule has 1 unspecified atom stereocenters. The predicted octanol–water partition coefficient (Wildman–Crippen LogP) is 3.11. The molecule has 0 aliphatic heterocycles. The molecule has 1 aromatic heterocycles. The standard InChI is InChI=1S/C15H26N2OS/c1-12(7-9-19-3)17(2)11-13-6-8-18-15(13)10-16-14-4-5-14/h6,8,12,14,16H,4-5,7,9-11H2,1-3H3. The second kappa shape index (κ2) is 7.36. The van der Waals surface area contributed by atoms with Gasteiger partial charge in [-0.2, -0.15) is 11.8 Å². The maximum atomic E-state index is 5.61. The Hall–Kier alpha value is -0.450. The average Bonchev–Trinajstić information content (AvgIpc) is 3.14. The van der Waals surface area contributed by atoms with Crippen molar-refractivity contribution in [1.29, 1.82) is 0 Å². The van der Waals surface area contributed by atoms with E-state index in [2.05, 4.69) is 36.5 Å². The van der Waals surface area contributed by atoms with Crippen LogP contribution in [0, 0.1) is 0 Å². The normalized spacial score (nSPS) is 17.1. The van der Waals surface area contributed by atoms with Gasteiger partial charge in [-0.05, 0) is 51.3 Å². The zero-order valence-corrected chi connectivity index (χ0v) is 13.1. The van der Waals surface area contributed by atoms with Crippen LogP contribution in [-0.4, -0.2) is 36.0 Å². The van der Waals surface area contributed by atoms with Crippen molar-refractivity contribution in [2.75, 3.05) is 19.1 Å². The van der Waals surface area contributed by atoms with E-state index in [1.165, 1.54) is 30.6 Å². The van der Waals surface area contributed by atoms with Crippen LogP contribution in [0.1, 0.15) is 37.5 Å². The van der Waals surface area contributed by atoms with Crippen LogP contribution in [0.2, 0.25) is 0 Å². The monoisotopic (exact) mass is 282 g/mol. The Labute approximate surface area is 121 Å². The quantitative estimate of drug-likeness (QED) is 0.753. The smallest absolute Gasteiger partial charge is 0.122 e. The van der Waals surface area contributed by atoms with Gasteiger partial charge in [-0.1, -0.05) is 0 Å². The Balaban J connectivity index is 1.81. The number of hydrogen-bond donors (Lipinski definition) is 1. The lowest BCUT2D eigenvalue weighted by atomic mass is 10.2. The van der Waals surface area contributed by atoms with E-state index >= 15 is 0 Å². The van der Waals surface area contributed by atoms with Gasteiger partial charge in [0.2, 0.25) is 0 Å². The Morgan fingerprint density at radius 3 is 3.00 bits per heavy atom. The van der Waals surface area contributed by atoms with E-state index in [9.17, 15) is 0 Å². The Morgan fingerprint density at radius 2 is 2.32 bits per heavy atom. The summed E-state index contributed by atoms with van der Waals surface area (Å²) in [7, 11) is 2.20. The largest absolute Gasteiger partial charge is 0.468 e. The molecule has 1 N–H and O–H groups in total. The molecule has 1 aliphatic rings. The number of furan rings is 1. The van der Waals surface area contributed by atoms with E-state index in [4.69, 9.17) is 4.42 Å². The summed E-state index contributed by atoms with van der Waals surface area (Å²) in [4.78, 5) is 2.42. The molecule has 4 heteroatoms. The molecule has 1 atom stereocenters. The van der Waals surface area contributed by atoms with Gasteiger partial charge in [0.15, 0.2) is 0 Å². The third-order valence-corrected chi connectivity index (χ3v) is 4.52. The van der Waals surface area contributed by atoms with E-state index in [0.29, 0.717) is 6.04 Å². The van der Waals surface area contributed by atoms with Gasteiger partial charge in [0.1, 0.15) is 5.76 Å². The van der Waals surface area contributed by atoms with Gasteiger partial charge >= 0.3 is 0 Å². The van der Waals surface area contributed by atoms with Gasteiger partial charge in [-0.3, -0.25) is 4.90 Å². The highest BCUT2D eigenvalue weighted by molar-refractivity contribution is 7.98. The molecule has 1 aliphatic carbocycles. The molecular weight excluding hydrogens is 256 g/mol. The summed E-state index contributed by atoms with van der Waals surface area (Å²) in [6.45, 7) is 4.16. The topological polar surface area (TPSA) is 28.4 Å². The van der Waals surface area contributed by atoms with Crippen LogP contribution in [0.4, 0.5) is 0 Å². The molecule has 2 rings (SSSR count). The first kappa shape index (κ1) is 14.9. The minimum absolute atomic E-state index is 0.617. The highest BCUT2D eigenvalue weighted by Crippen LogP contribution is 2.21. The third kappa shape index (κ3) is 4.86. The summed E-state index contributed by atoms with van der Waals surface area (Å²) in [5.74, 6) is 2.34. The van der Waals surface area contributed by atoms with Crippen LogP contribution in [0.3, 0.4) is 0 Å². The number of rotatable bonds is 9. The number of thioether (sulfide) groups is 1. The summed E-state index contributed by atoms with van der Waals surface area (Å²) in [5.41, 5.74) is 1.33. The second-order valence-corrected chi connectivity index (χ2v) is 6.56. The van der Waals surface area contributed by atoms with Crippen molar-refractivity contribution in [2.24, 2.45) is 0 Å². The van der Waals surface area contributed by atoms with Crippen LogP contribution in [0.25, 0.3) is 0 Å². The van der Waals surface area contributed by atoms with Crippen LogP contribution in [0.5, 0.6) is 0 Å². The number of nitrogens with one attached hydrogen (secondary N) is 1. The van der Waals surface area contributed by atoms with Crippen molar-refractivity contribution in [3.8, 4) is 0 Å². The number of hydrogen-bond acceptors (Lipinski definition) is 4. The second-order valence-electron chi connectivity index (χ2n) is 5.57. The molecule has 0 spiro atoms. The molecule has 108 valence electrons. The maximum absolute atomic E-state index is 5.61. The summed E-state index contributed by atoms with van der Waals surface area (Å²) < 4.78 is 5.61. The summed E-state index contributed by atoms with van der Waals surface area (Å²) in [6.07, 6.45) is 7.87. The first-order valence-corrected chi connectivity index (χ1v) is 8.58. The molecule has 1 heterocycles. The van der Waals surface area contributed by atoms with E-state index in [1.807, 2.05) is 18.0 Å². The number of nitrogens with zero attached hydrogens (tertiary/aromatic N) is 1. The summed E-state index contributed by atoms with van der Waals surface area (Å²) >= 11 is 1.92. The van der Waals surface area contributed by atoms with Gasteiger partial charge in [-0.25, -0.2) is 0 Å². The molecule has 0 amide bonds. The minimum Gasteiger partial charge on any atom is -0.468 e. The van der Waals surface area contributed by atoms with Gasteiger partial charge in [0, 0.05) is 24.2 Å². The maximum Gasteiger partial charge on any atom is 0.122 e. The van der Waals surface area contributed by atoms with E-state index in [-0.39, 0.29) is 0 Å². The first-order valence-electron chi connectivity index (χ1n) is 7.18. The molecule has 1 saturated carbocycles. The van der Waals surface area contributed by atoms with Gasteiger partial charge in [-0.15, -0.1) is 0 Å². The van der Waals surface area contributed by atoms with Crippen molar-refractivity contribution in [3.63, 3.8) is 0 Å². The lowest BCUT2D eigenvalue weighted by molar-refractivity contribution is 0.243. The Morgan fingerprint density at radius 1 is 1.53 bits per heavy atom. The molecule has 1 aromatic rings. The first-order chi connectivity index (χ1) is 9.20. The van der Waals surface area contributed by atoms with Crippen LogP contribution in [-0.2, 0) is 13.1 Å². The summed E-state index contributed by atoms with van der Waals surface area (Å²) in [6, 6.07) is 3.46. The molecule has 0 aromatic carbocycles. The zero-order valence-electron chi connectivity index (χ0n) is 12.3. The van der Waals surface area contributed by atoms with Gasteiger partial charge in [0.05, 0.1) is 12.8 Å². The van der Waals surface area contributed by atoms with E-state index in [1.54, 1.807) is 0 Å². The highest BCUT2D eigenvalue weighted by Gasteiger charge is 2.21. The van der Waals surface area contributed by atoms with Crippen LogP contribution >= 0.6 is 11.8 Å². The highest BCUT2D eigenvalue weighted by atomic mass is 32.2. The molecule has 3 nitrogen and oxygen atoms in total. The molecule has 19 heavy (non-hydrogen) atoms. The van der Waals surface area contributed by atoms with Crippen molar-refractivity contribution < 1.29 is 4.42 Å². The Bertz CT molecular complexity index is 376. The molecular formula is C15H26N2OS. The molecule has 0 radical (unpaired) electrons. The Kier molecular flexibility index (Phi) is 5.79. The van der Waals surface area contributed by atoms with Crippen molar-refractivity contribution in [3.05, 3.63) is 23.7 Å².